The first-order valence-corrected chi connectivity index (χ1v) is 12.0. The Kier molecular flexibility index (Phi) is 11.6. The van der Waals surface area contributed by atoms with E-state index in [9.17, 15) is 12.8 Å². The summed E-state index contributed by atoms with van der Waals surface area (Å²) < 4.78 is 35.9. The lowest BCUT2D eigenvalue weighted by atomic mass is 10.1. The average molecular weight is 551 g/mol. The third kappa shape index (κ3) is 9.81. The molecule has 0 aliphatic heterocycles. The minimum absolute atomic E-state index is 0. The number of thioether (sulfide) groups is 1. The maximum Gasteiger partial charge on any atom is 0.191 e. The summed E-state index contributed by atoms with van der Waals surface area (Å²) in [4.78, 5) is 5.91. The Hall–Kier alpha value is -1.33. The molecule has 0 aliphatic carbocycles. The zero-order valence-electron chi connectivity index (χ0n) is 16.5. The van der Waals surface area contributed by atoms with Gasteiger partial charge in [0, 0.05) is 36.5 Å². The highest BCUT2D eigenvalue weighted by molar-refractivity contribution is 14.0. The van der Waals surface area contributed by atoms with E-state index < -0.39 is 9.84 Å². The third-order valence-electron chi connectivity index (χ3n) is 3.84. The normalized spacial score (nSPS) is 11.6. The molecule has 0 heterocycles. The van der Waals surface area contributed by atoms with Crippen LogP contribution < -0.4 is 10.6 Å². The van der Waals surface area contributed by atoms with Gasteiger partial charge in [0.05, 0.1) is 4.90 Å². The van der Waals surface area contributed by atoms with E-state index in [2.05, 4.69) is 15.6 Å². The standard InChI is InChI=1S/C20H26FN3O2S2.HI/c1-3-22-20(24-14-15-27-18-8-6-17(21)7-9-18)23-13-12-16-4-10-19(11-5-16)28(2,25)26;/h4-11H,3,12-15H2,1-2H3,(H2,22,23,24);1H. The summed E-state index contributed by atoms with van der Waals surface area (Å²) in [7, 11) is -3.16. The third-order valence-corrected chi connectivity index (χ3v) is 5.99. The molecule has 0 spiro atoms. The van der Waals surface area contributed by atoms with Gasteiger partial charge in [-0.15, -0.1) is 35.7 Å². The second-order valence-corrected chi connectivity index (χ2v) is 9.34. The van der Waals surface area contributed by atoms with Gasteiger partial charge in [0.1, 0.15) is 5.82 Å². The molecule has 0 amide bonds. The lowest BCUT2D eigenvalue weighted by Gasteiger charge is -2.11. The van der Waals surface area contributed by atoms with E-state index in [1.165, 1.54) is 18.4 Å². The molecule has 2 aromatic carbocycles. The van der Waals surface area contributed by atoms with Crippen LogP contribution in [0.15, 0.2) is 63.3 Å². The van der Waals surface area contributed by atoms with Gasteiger partial charge in [0.2, 0.25) is 0 Å². The predicted octanol–water partition coefficient (Wildman–Crippen LogP) is 3.74. The maximum absolute atomic E-state index is 12.9. The molecule has 2 N–H and O–H groups in total. The Balaban J connectivity index is 0.00000420. The van der Waals surface area contributed by atoms with Crippen LogP contribution in [0.4, 0.5) is 4.39 Å². The first-order chi connectivity index (χ1) is 13.4. The molecule has 5 nitrogen and oxygen atoms in total. The smallest absolute Gasteiger partial charge is 0.191 e. The molecule has 0 radical (unpaired) electrons. The number of nitrogens with one attached hydrogen (secondary N) is 2. The molecule has 0 fully saturated rings. The van der Waals surface area contributed by atoms with Crippen molar-refractivity contribution in [1.29, 1.82) is 0 Å². The highest BCUT2D eigenvalue weighted by Gasteiger charge is 2.06. The number of aliphatic imine (C=N–C) groups is 1. The number of hydrogen-bond donors (Lipinski definition) is 2. The molecule has 0 aromatic heterocycles. The van der Waals surface area contributed by atoms with Gasteiger partial charge in [-0.1, -0.05) is 12.1 Å². The van der Waals surface area contributed by atoms with Crippen LogP contribution in [0.3, 0.4) is 0 Å². The van der Waals surface area contributed by atoms with Gasteiger partial charge in [-0.3, -0.25) is 4.99 Å². The van der Waals surface area contributed by atoms with E-state index in [1.54, 1.807) is 36.0 Å². The van der Waals surface area contributed by atoms with Crippen molar-refractivity contribution in [1.82, 2.24) is 10.6 Å². The number of nitrogens with zero attached hydrogens (tertiary/aromatic N) is 1. The highest BCUT2D eigenvalue weighted by Crippen LogP contribution is 2.17. The average Bonchev–Trinajstić information content (AvgIpc) is 2.66. The van der Waals surface area contributed by atoms with E-state index in [-0.39, 0.29) is 29.8 Å². The molecular formula is C20H27FIN3O2S2. The lowest BCUT2D eigenvalue weighted by Crippen LogP contribution is -2.38. The monoisotopic (exact) mass is 551 g/mol. The van der Waals surface area contributed by atoms with E-state index in [0.29, 0.717) is 11.4 Å². The first-order valence-electron chi connectivity index (χ1n) is 9.08. The van der Waals surface area contributed by atoms with Crippen molar-refractivity contribution in [2.45, 2.75) is 23.1 Å². The van der Waals surface area contributed by atoms with Crippen molar-refractivity contribution in [2.75, 3.05) is 31.6 Å². The fourth-order valence-corrected chi connectivity index (χ4v) is 3.81. The molecule has 0 atom stereocenters. The minimum atomic E-state index is -3.16. The molecular weight excluding hydrogens is 524 g/mol. The van der Waals surface area contributed by atoms with Crippen LogP contribution in [0, 0.1) is 5.82 Å². The number of rotatable bonds is 9. The van der Waals surface area contributed by atoms with Crippen LogP contribution in [0.2, 0.25) is 0 Å². The van der Waals surface area contributed by atoms with Crippen LogP contribution in [0.1, 0.15) is 12.5 Å². The number of benzene rings is 2. The molecule has 0 aliphatic rings. The van der Waals surface area contributed by atoms with Crippen molar-refractivity contribution in [3.63, 3.8) is 0 Å². The van der Waals surface area contributed by atoms with Crippen molar-refractivity contribution in [3.8, 4) is 0 Å². The second kappa shape index (κ2) is 13.1. The molecule has 29 heavy (non-hydrogen) atoms. The fourth-order valence-electron chi connectivity index (χ4n) is 2.41. The molecule has 2 aromatic rings. The van der Waals surface area contributed by atoms with Crippen LogP contribution in [-0.2, 0) is 16.3 Å². The molecule has 0 bridgehead atoms. The van der Waals surface area contributed by atoms with Gasteiger partial charge in [0.25, 0.3) is 0 Å². The van der Waals surface area contributed by atoms with Gasteiger partial charge >= 0.3 is 0 Å². The maximum atomic E-state index is 12.9. The second-order valence-electron chi connectivity index (χ2n) is 6.16. The Morgan fingerprint density at radius 1 is 1.07 bits per heavy atom. The summed E-state index contributed by atoms with van der Waals surface area (Å²) in [5.41, 5.74) is 1.04. The van der Waals surface area contributed by atoms with Gasteiger partial charge in [-0.2, -0.15) is 0 Å². The van der Waals surface area contributed by atoms with Crippen molar-refractivity contribution >= 4 is 51.5 Å². The predicted molar refractivity (Wildman–Crippen MR) is 130 cm³/mol. The SMILES string of the molecule is CCNC(=NCCc1ccc(S(C)(=O)=O)cc1)NCCSc1ccc(F)cc1.I. The largest absolute Gasteiger partial charge is 0.357 e. The first kappa shape index (κ1) is 25.7. The van der Waals surface area contributed by atoms with E-state index >= 15 is 0 Å². The van der Waals surface area contributed by atoms with Crippen molar-refractivity contribution < 1.29 is 12.8 Å². The summed E-state index contributed by atoms with van der Waals surface area (Å²) in [6, 6.07) is 13.4. The van der Waals surface area contributed by atoms with Crippen LogP contribution in [0.25, 0.3) is 0 Å². The summed E-state index contributed by atoms with van der Waals surface area (Å²) in [5, 5.41) is 6.49. The molecule has 0 saturated heterocycles. The van der Waals surface area contributed by atoms with Crippen molar-refractivity contribution in [2.24, 2.45) is 4.99 Å². The lowest BCUT2D eigenvalue weighted by molar-refractivity contribution is 0.602. The number of guanidine groups is 1. The zero-order chi connectivity index (χ0) is 20.4. The van der Waals surface area contributed by atoms with Gasteiger partial charge in [-0.05, 0) is 55.3 Å². The Morgan fingerprint density at radius 2 is 1.72 bits per heavy atom. The number of halogens is 2. The van der Waals surface area contributed by atoms with Crippen molar-refractivity contribution in [3.05, 3.63) is 59.9 Å². The highest BCUT2D eigenvalue weighted by atomic mass is 127. The molecule has 0 unspecified atom stereocenters. The number of hydrogen-bond acceptors (Lipinski definition) is 4. The summed E-state index contributed by atoms with van der Waals surface area (Å²) in [6.07, 6.45) is 1.93. The van der Waals surface area contributed by atoms with Crippen LogP contribution in [-0.4, -0.2) is 46.0 Å². The Bertz CT molecular complexity index is 874. The molecule has 9 heteroatoms. The summed E-state index contributed by atoms with van der Waals surface area (Å²) >= 11 is 1.65. The topological polar surface area (TPSA) is 70.6 Å². The summed E-state index contributed by atoms with van der Waals surface area (Å²) in [6.45, 7) is 4.10. The van der Waals surface area contributed by atoms with E-state index in [4.69, 9.17) is 0 Å². The minimum Gasteiger partial charge on any atom is -0.357 e. The Labute approximate surface area is 193 Å². The van der Waals surface area contributed by atoms with E-state index in [0.717, 1.165) is 41.7 Å². The molecule has 160 valence electrons. The quantitative estimate of drug-likeness (QED) is 0.164. The fraction of sp³-hybridized carbons (Fsp3) is 0.350. The van der Waals surface area contributed by atoms with Gasteiger partial charge in [0.15, 0.2) is 15.8 Å². The zero-order valence-corrected chi connectivity index (χ0v) is 20.5. The molecule has 2 rings (SSSR count). The summed E-state index contributed by atoms with van der Waals surface area (Å²) in [5.74, 6) is 1.35. The Morgan fingerprint density at radius 3 is 2.31 bits per heavy atom. The van der Waals surface area contributed by atoms with E-state index in [1.807, 2.05) is 19.1 Å². The van der Waals surface area contributed by atoms with Gasteiger partial charge < -0.3 is 10.6 Å². The van der Waals surface area contributed by atoms with Gasteiger partial charge in [-0.25, -0.2) is 12.8 Å². The van der Waals surface area contributed by atoms with Crippen LogP contribution >= 0.6 is 35.7 Å². The number of sulfone groups is 1. The van der Waals surface area contributed by atoms with Crippen LogP contribution in [0.5, 0.6) is 0 Å². The molecule has 0 saturated carbocycles.